The summed E-state index contributed by atoms with van der Waals surface area (Å²) >= 11 is 5.95. The first-order valence-corrected chi connectivity index (χ1v) is 9.27. The summed E-state index contributed by atoms with van der Waals surface area (Å²) in [4.78, 5) is 0.855. The first-order chi connectivity index (χ1) is 9.70. The Balaban J connectivity index is 1.83. The fourth-order valence-electron chi connectivity index (χ4n) is 2.97. The van der Waals surface area contributed by atoms with Gasteiger partial charge in [0.15, 0.2) is 0 Å². The van der Waals surface area contributed by atoms with Crippen LogP contribution in [0.15, 0.2) is 29.2 Å². The first-order valence-electron chi connectivity index (χ1n) is 7.58. The number of hydrogen-bond acceptors (Lipinski definition) is 2. The third-order valence-corrected chi connectivity index (χ3v) is 5.67. The van der Waals surface area contributed by atoms with E-state index in [-0.39, 0.29) is 0 Å². The predicted octanol–water partition coefficient (Wildman–Crippen LogP) is 4.01. The lowest BCUT2D eigenvalue weighted by Crippen LogP contribution is -2.33. The van der Waals surface area contributed by atoms with Crippen LogP contribution in [0.2, 0.25) is 5.02 Å². The van der Waals surface area contributed by atoms with E-state index in [0.717, 1.165) is 23.6 Å². The Morgan fingerprint density at radius 3 is 3.00 bits per heavy atom. The summed E-state index contributed by atoms with van der Waals surface area (Å²) in [6.07, 6.45) is 6.07. The van der Waals surface area contributed by atoms with Gasteiger partial charge in [-0.15, -0.1) is 0 Å². The highest BCUT2D eigenvalue weighted by atomic mass is 35.5. The van der Waals surface area contributed by atoms with Crippen LogP contribution in [0.4, 0.5) is 0 Å². The van der Waals surface area contributed by atoms with E-state index >= 15 is 0 Å². The molecule has 2 nitrogen and oxygen atoms in total. The molecule has 1 fully saturated rings. The highest BCUT2D eigenvalue weighted by Gasteiger charge is 2.26. The van der Waals surface area contributed by atoms with Crippen LogP contribution in [0.3, 0.4) is 0 Å². The normalized spacial score (nSPS) is 23.9. The molecule has 1 aliphatic rings. The topological polar surface area (TPSA) is 29.1 Å². The summed E-state index contributed by atoms with van der Waals surface area (Å²) in [7, 11) is -0.923. The van der Waals surface area contributed by atoms with Crippen molar-refractivity contribution in [1.82, 2.24) is 5.32 Å². The molecule has 0 saturated heterocycles. The predicted molar refractivity (Wildman–Crippen MR) is 86.8 cm³/mol. The third-order valence-electron chi connectivity index (χ3n) is 4.05. The molecule has 1 saturated carbocycles. The standard InChI is InChI=1S/C16H24ClNOS/c1-2-10-18-16-8-3-5-13(16)9-11-20(19)15-7-4-6-14(17)12-15/h4,6-7,12-13,16,18H,2-3,5,8-11H2,1H3. The van der Waals surface area contributed by atoms with Crippen molar-refractivity contribution in [2.45, 2.75) is 50.0 Å². The Hall–Kier alpha value is -0.380. The fourth-order valence-corrected chi connectivity index (χ4v) is 4.46. The molecule has 112 valence electrons. The molecule has 0 aromatic heterocycles. The molecule has 20 heavy (non-hydrogen) atoms. The largest absolute Gasteiger partial charge is 0.314 e. The Morgan fingerprint density at radius 1 is 1.40 bits per heavy atom. The second-order valence-electron chi connectivity index (χ2n) is 5.55. The summed E-state index contributed by atoms with van der Waals surface area (Å²) in [5, 5.41) is 4.30. The molecule has 2 rings (SSSR count). The van der Waals surface area contributed by atoms with Gasteiger partial charge in [-0.2, -0.15) is 0 Å². The molecule has 0 amide bonds. The molecular formula is C16H24ClNOS. The van der Waals surface area contributed by atoms with Crippen molar-refractivity contribution in [3.63, 3.8) is 0 Å². The molecular weight excluding hydrogens is 290 g/mol. The van der Waals surface area contributed by atoms with Crippen LogP contribution in [-0.2, 0) is 10.8 Å². The quantitative estimate of drug-likeness (QED) is 0.824. The van der Waals surface area contributed by atoms with Gasteiger partial charge in [0.25, 0.3) is 0 Å². The lowest BCUT2D eigenvalue weighted by molar-refractivity contribution is 0.393. The average Bonchev–Trinajstić information content (AvgIpc) is 2.90. The van der Waals surface area contributed by atoms with Crippen LogP contribution >= 0.6 is 11.6 Å². The van der Waals surface area contributed by atoms with Gasteiger partial charge in [-0.3, -0.25) is 4.21 Å². The number of rotatable bonds is 7. The number of halogens is 1. The molecule has 3 unspecified atom stereocenters. The lowest BCUT2D eigenvalue weighted by atomic mass is 10.0. The molecule has 0 radical (unpaired) electrons. The van der Waals surface area contributed by atoms with E-state index in [4.69, 9.17) is 11.6 Å². The maximum atomic E-state index is 12.3. The zero-order chi connectivity index (χ0) is 14.4. The molecule has 0 spiro atoms. The highest BCUT2D eigenvalue weighted by molar-refractivity contribution is 7.85. The van der Waals surface area contributed by atoms with Crippen LogP contribution in [0.1, 0.15) is 39.0 Å². The third kappa shape index (κ3) is 4.57. The zero-order valence-corrected chi connectivity index (χ0v) is 13.7. The van der Waals surface area contributed by atoms with Crippen molar-refractivity contribution in [3.05, 3.63) is 29.3 Å². The maximum Gasteiger partial charge on any atom is 0.0530 e. The minimum atomic E-state index is -0.923. The molecule has 0 bridgehead atoms. The summed E-state index contributed by atoms with van der Waals surface area (Å²) in [5.41, 5.74) is 0. The van der Waals surface area contributed by atoms with Crippen molar-refractivity contribution >= 4 is 22.4 Å². The Kier molecular flexibility index (Phi) is 6.53. The van der Waals surface area contributed by atoms with Crippen LogP contribution in [0.25, 0.3) is 0 Å². The number of hydrogen-bond donors (Lipinski definition) is 1. The second-order valence-corrected chi connectivity index (χ2v) is 7.55. The minimum Gasteiger partial charge on any atom is -0.314 e. The van der Waals surface area contributed by atoms with Crippen LogP contribution in [0.5, 0.6) is 0 Å². The van der Waals surface area contributed by atoms with E-state index in [9.17, 15) is 4.21 Å². The van der Waals surface area contributed by atoms with E-state index in [0.29, 0.717) is 17.0 Å². The number of nitrogens with one attached hydrogen (secondary N) is 1. The maximum absolute atomic E-state index is 12.3. The summed E-state index contributed by atoms with van der Waals surface area (Å²) in [6.45, 7) is 3.30. The van der Waals surface area contributed by atoms with Gasteiger partial charge >= 0.3 is 0 Å². The minimum absolute atomic E-state index is 0.631. The van der Waals surface area contributed by atoms with E-state index < -0.39 is 10.8 Å². The first kappa shape index (κ1) is 16.0. The van der Waals surface area contributed by atoms with E-state index in [2.05, 4.69) is 12.2 Å². The summed E-state index contributed by atoms with van der Waals surface area (Å²) < 4.78 is 12.3. The van der Waals surface area contributed by atoms with Gasteiger partial charge in [-0.1, -0.05) is 31.0 Å². The van der Waals surface area contributed by atoms with Gasteiger partial charge in [-0.25, -0.2) is 0 Å². The molecule has 4 heteroatoms. The molecule has 1 aromatic carbocycles. The van der Waals surface area contributed by atoms with Gasteiger partial charge in [0, 0.05) is 21.7 Å². The molecule has 1 aromatic rings. The smallest absolute Gasteiger partial charge is 0.0530 e. The number of benzene rings is 1. The molecule has 1 N–H and O–H groups in total. The summed E-state index contributed by atoms with van der Waals surface area (Å²) in [6, 6.07) is 8.05. The van der Waals surface area contributed by atoms with Crippen LogP contribution in [-0.4, -0.2) is 22.5 Å². The molecule has 0 aliphatic heterocycles. The van der Waals surface area contributed by atoms with E-state index in [1.165, 1.54) is 25.7 Å². The van der Waals surface area contributed by atoms with Crippen molar-refractivity contribution in [2.24, 2.45) is 5.92 Å². The van der Waals surface area contributed by atoms with Crippen molar-refractivity contribution in [2.75, 3.05) is 12.3 Å². The second kappa shape index (κ2) is 8.16. The lowest BCUT2D eigenvalue weighted by Gasteiger charge is -2.20. The molecule has 0 heterocycles. The fraction of sp³-hybridized carbons (Fsp3) is 0.625. The van der Waals surface area contributed by atoms with Crippen LogP contribution < -0.4 is 5.32 Å². The molecule has 1 aliphatic carbocycles. The van der Waals surface area contributed by atoms with Crippen LogP contribution in [0, 0.1) is 5.92 Å². The zero-order valence-electron chi connectivity index (χ0n) is 12.1. The molecule has 3 atom stereocenters. The SMILES string of the molecule is CCCNC1CCCC1CCS(=O)c1cccc(Cl)c1. The monoisotopic (exact) mass is 313 g/mol. The van der Waals surface area contributed by atoms with E-state index in [1.807, 2.05) is 24.3 Å². The van der Waals surface area contributed by atoms with Gasteiger partial charge in [0.1, 0.15) is 0 Å². The Labute approximate surface area is 129 Å². The van der Waals surface area contributed by atoms with Gasteiger partial charge in [-0.05, 0) is 56.3 Å². The summed E-state index contributed by atoms with van der Waals surface area (Å²) in [5.74, 6) is 1.43. The average molecular weight is 314 g/mol. The van der Waals surface area contributed by atoms with Crippen molar-refractivity contribution in [1.29, 1.82) is 0 Å². The van der Waals surface area contributed by atoms with Gasteiger partial charge in [0.2, 0.25) is 0 Å². The highest BCUT2D eigenvalue weighted by Crippen LogP contribution is 2.29. The Bertz CT molecular complexity index is 452. The van der Waals surface area contributed by atoms with Crippen molar-refractivity contribution < 1.29 is 4.21 Å². The van der Waals surface area contributed by atoms with Crippen molar-refractivity contribution in [3.8, 4) is 0 Å². The van der Waals surface area contributed by atoms with Gasteiger partial charge < -0.3 is 5.32 Å². The Morgan fingerprint density at radius 2 is 2.25 bits per heavy atom. The van der Waals surface area contributed by atoms with Gasteiger partial charge in [0.05, 0.1) is 10.8 Å². The van der Waals surface area contributed by atoms with E-state index in [1.54, 1.807) is 0 Å².